The molecule has 7 nitrogen and oxygen atoms in total. The van der Waals surface area contributed by atoms with Crippen molar-refractivity contribution in [2.45, 2.75) is 26.3 Å². The molecule has 0 atom stereocenters. The maximum atomic E-state index is 13.2. The number of para-hydroxylation sites is 2. The van der Waals surface area contributed by atoms with Crippen LogP contribution in [-0.4, -0.2) is 61.1 Å². The summed E-state index contributed by atoms with van der Waals surface area (Å²) in [6.45, 7) is 5.32. The average molecular weight is 439 g/mol. The van der Waals surface area contributed by atoms with Gasteiger partial charge in [0.1, 0.15) is 19.0 Å². The summed E-state index contributed by atoms with van der Waals surface area (Å²) in [6.07, 6.45) is 1.33. The molecule has 170 valence electrons. The molecule has 7 heteroatoms. The van der Waals surface area contributed by atoms with Gasteiger partial charge in [0.25, 0.3) is 5.91 Å². The number of piperidine rings is 1. The highest BCUT2D eigenvalue weighted by molar-refractivity contribution is 5.81. The summed E-state index contributed by atoms with van der Waals surface area (Å²) >= 11 is 0. The molecule has 1 saturated heterocycles. The van der Waals surface area contributed by atoms with E-state index in [0.29, 0.717) is 58.0 Å². The van der Waals surface area contributed by atoms with E-state index in [1.165, 1.54) is 0 Å². The highest BCUT2D eigenvalue weighted by atomic mass is 16.6. The summed E-state index contributed by atoms with van der Waals surface area (Å²) in [6, 6.07) is 15.1. The zero-order valence-electron chi connectivity index (χ0n) is 18.5. The highest BCUT2D eigenvalue weighted by Crippen LogP contribution is 2.34. The van der Waals surface area contributed by atoms with Gasteiger partial charge in [0.05, 0.1) is 0 Å². The van der Waals surface area contributed by atoms with Crippen molar-refractivity contribution in [1.29, 1.82) is 0 Å². The van der Waals surface area contributed by atoms with Crippen molar-refractivity contribution in [3.63, 3.8) is 0 Å². The number of carbonyl (C=O) groups is 2. The van der Waals surface area contributed by atoms with Crippen LogP contribution in [0, 0.1) is 5.92 Å². The molecule has 0 radical (unpaired) electrons. The van der Waals surface area contributed by atoms with Crippen LogP contribution in [0.25, 0.3) is 0 Å². The van der Waals surface area contributed by atoms with E-state index in [1.807, 2.05) is 60.4 Å². The first-order valence-electron chi connectivity index (χ1n) is 11.3. The van der Waals surface area contributed by atoms with Crippen LogP contribution in [-0.2, 0) is 16.1 Å². The van der Waals surface area contributed by atoms with Crippen molar-refractivity contribution in [3.8, 4) is 17.2 Å². The second-order valence-corrected chi connectivity index (χ2v) is 8.05. The molecule has 2 aliphatic heterocycles. The molecule has 4 rings (SSSR count). The molecule has 0 bridgehead atoms. The predicted octanol–water partition coefficient (Wildman–Crippen LogP) is 3.12. The molecule has 2 aromatic rings. The first-order valence-corrected chi connectivity index (χ1v) is 11.3. The number of hydrogen-bond acceptors (Lipinski definition) is 5. The second kappa shape index (κ2) is 10.4. The quantitative estimate of drug-likeness (QED) is 0.665. The average Bonchev–Trinajstić information content (AvgIpc) is 2.86. The molecular formula is C25H30N2O5. The molecule has 2 aromatic carbocycles. The van der Waals surface area contributed by atoms with Gasteiger partial charge in [-0.15, -0.1) is 0 Å². The van der Waals surface area contributed by atoms with Gasteiger partial charge in [-0.05, 0) is 38.0 Å². The number of carbonyl (C=O) groups excluding carboxylic acids is 2. The minimum absolute atomic E-state index is 0.0187. The lowest BCUT2D eigenvalue weighted by Crippen LogP contribution is -2.45. The third-order valence-electron chi connectivity index (χ3n) is 6.00. The fourth-order valence-corrected chi connectivity index (χ4v) is 4.20. The zero-order valence-corrected chi connectivity index (χ0v) is 18.5. The lowest BCUT2D eigenvalue weighted by atomic mass is 9.95. The van der Waals surface area contributed by atoms with E-state index in [-0.39, 0.29) is 24.3 Å². The molecule has 2 aliphatic rings. The molecular weight excluding hydrogens is 408 g/mol. The minimum atomic E-state index is -0.0780. The van der Waals surface area contributed by atoms with E-state index in [0.717, 1.165) is 17.1 Å². The molecule has 0 spiro atoms. The van der Waals surface area contributed by atoms with Gasteiger partial charge in [0.15, 0.2) is 18.1 Å². The molecule has 0 N–H and O–H groups in total. The summed E-state index contributed by atoms with van der Waals surface area (Å²) in [5.74, 6) is 2.17. The molecule has 0 aliphatic carbocycles. The smallest absolute Gasteiger partial charge is 0.260 e. The van der Waals surface area contributed by atoms with E-state index in [1.54, 1.807) is 4.90 Å². The van der Waals surface area contributed by atoms with Gasteiger partial charge in [-0.3, -0.25) is 9.59 Å². The first-order chi connectivity index (χ1) is 15.7. The third-order valence-corrected chi connectivity index (χ3v) is 6.00. The number of fused-ring (bicyclic) bond motifs is 1. The van der Waals surface area contributed by atoms with E-state index in [4.69, 9.17) is 14.2 Å². The number of nitrogens with zero attached hydrogens (tertiary/aromatic N) is 2. The van der Waals surface area contributed by atoms with Crippen LogP contribution in [0.1, 0.15) is 25.3 Å². The summed E-state index contributed by atoms with van der Waals surface area (Å²) in [5, 5.41) is 0. The van der Waals surface area contributed by atoms with E-state index in [2.05, 4.69) is 0 Å². The fourth-order valence-electron chi connectivity index (χ4n) is 4.20. The van der Waals surface area contributed by atoms with Gasteiger partial charge in [0.2, 0.25) is 5.91 Å². The molecule has 1 fully saturated rings. The Kier molecular flexibility index (Phi) is 7.14. The van der Waals surface area contributed by atoms with Crippen LogP contribution in [0.3, 0.4) is 0 Å². The largest absolute Gasteiger partial charge is 0.486 e. The maximum Gasteiger partial charge on any atom is 0.260 e. The first kappa shape index (κ1) is 22.0. The van der Waals surface area contributed by atoms with Gasteiger partial charge < -0.3 is 24.0 Å². The van der Waals surface area contributed by atoms with Crippen LogP contribution in [0.2, 0.25) is 0 Å². The Morgan fingerprint density at radius 1 is 1.03 bits per heavy atom. The van der Waals surface area contributed by atoms with Crippen LogP contribution < -0.4 is 14.2 Å². The minimum Gasteiger partial charge on any atom is -0.486 e. The summed E-state index contributed by atoms with van der Waals surface area (Å²) in [4.78, 5) is 29.4. The summed E-state index contributed by atoms with van der Waals surface area (Å²) < 4.78 is 17.0. The van der Waals surface area contributed by atoms with Gasteiger partial charge in [-0.1, -0.05) is 30.3 Å². The number of benzene rings is 2. The predicted molar refractivity (Wildman–Crippen MR) is 120 cm³/mol. The Bertz CT molecular complexity index is 925. The maximum absolute atomic E-state index is 13.2. The summed E-state index contributed by atoms with van der Waals surface area (Å²) in [5.41, 5.74) is 0.961. The molecule has 2 amide bonds. The van der Waals surface area contributed by atoms with Crippen molar-refractivity contribution in [3.05, 3.63) is 54.1 Å². The van der Waals surface area contributed by atoms with Crippen molar-refractivity contribution >= 4 is 11.8 Å². The molecule has 0 unspecified atom stereocenters. The van der Waals surface area contributed by atoms with Gasteiger partial charge in [0, 0.05) is 37.7 Å². The van der Waals surface area contributed by atoms with E-state index >= 15 is 0 Å². The van der Waals surface area contributed by atoms with Gasteiger partial charge in [-0.25, -0.2) is 0 Å². The van der Waals surface area contributed by atoms with Crippen molar-refractivity contribution in [2.75, 3.05) is 39.5 Å². The number of amides is 2. The fraction of sp³-hybridized carbons (Fsp3) is 0.440. The van der Waals surface area contributed by atoms with Gasteiger partial charge in [-0.2, -0.15) is 0 Å². The standard InChI is InChI=1S/C25H30N2O5/c1-2-26(17-20-7-6-10-22-24(20)31-16-15-30-22)25(29)19-11-13-27(14-12-19)23(28)18-32-21-8-4-3-5-9-21/h3-10,19H,2,11-18H2,1H3. The van der Waals surface area contributed by atoms with E-state index < -0.39 is 0 Å². The van der Waals surface area contributed by atoms with Crippen molar-refractivity contribution < 1.29 is 23.8 Å². The zero-order chi connectivity index (χ0) is 22.3. The molecule has 32 heavy (non-hydrogen) atoms. The Balaban J connectivity index is 1.30. The number of hydrogen-bond donors (Lipinski definition) is 0. The monoisotopic (exact) mass is 438 g/mol. The van der Waals surface area contributed by atoms with Crippen LogP contribution in [0.4, 0.5) is 0 Å². The van der Waals surface area contributed by atoms with Crippen LogP contribution in [0.5, 0.6) is 17.2 Å². The van der Waals surface area contributed by atoms with Crippen LogP contribution in [0.15, 0.2) is 48.5 Å². The van der Waals surface area contributed by atoms with Crippen LogP contribution >= 0.6 is 0 Å². The Morgan fingerprint density at radius 2 is 1.78 bits per heavy atom. The SMILES string of the molecule is CCN(Cc1cccc2c1OCCO2)C(=O)C1CCN(C(=O)COc2ccccc2)CC1. The van der Waals surface area contributed by atoms with Gasteiger partial charge >= 0.3 is 0 Å². The molecule has 2 heterocycles. The highest BCUT2D eigenvalue weighted by Gasteiger charge is 2.30. The topological polar surface area (TPSA) is 68.3 Å². The normalized spacial score (nSPS) is 15.8. The lowest BCUT2D eigenvalue weighted by molar-refractivity contribution is -0.141. The van der Waals surface area contributed by atoms with Crippen molar-refractivity contribution in [1.82, 2.24) is 9.80 Å². The third kappa shape index (κ3) is 5.15. The van der Waals surface area contributed by atoms with Crippen molar-refractivity contribution in [2.24, 2.45) is 5.92 Å². The second-order valence-electron chi connectivity index (χ2n) is 8.05. The lowest BCUT2D eigenvalue weighted by Gasteiger charge is -2.34. The number of ether oxygens (including phenoxy) is 3. The molecule has 0 saturated carbocycles. The Morgan fingerprint density at radius 3 is 2.53 bits per heavy atom. The Labute approximate surface area is 188 Å². The Hall–Kier alpha value is -3.22. The molecule has 0 aromatic heterocycles. The van der Waals surface area contributed by atoms with E-state index in [9.17, 15) is 9.59 Å². The summed E-state index contributed by atoms with van der Waals surface area (Å²) in [7, 11) is 0. The number of likely N-dealkylation sites (tertiary alicyclic amines) is 1. The number of rotatable bonds is 7.